The number of hydrogen-bond acceptors (Lipinski definition) is 5. The molecule has 1 heterocycles. The van der Waals surface area contributed by atoms with Crippen molar-refractivity contribution in [2.75, 3.05) is 26.7 Å². The average molecular weight is 397 g/mol. The largest absolute Gasteiger partial charge is 0.489 e. The lowest BCUT2D eigenvalue weighted by Gasteiger charge is -2.25. The van der Waals surface area contributed by atoms with Crippen molar-refractivity contribution in [2.24, 2.45) is 0 Å². The Morgan fingerprint density at radius 3 is 2.57 bits per heavy atom. The van der Waals surface area contributed by atoms with Crippen LogP contribution >= 0.6 is 0 Å². The third kappa shape index (κ3) is 8.34. The summed E-state index contributed by atoms with van der Waals surface area (Å²) in [6.45, 7) is 2.42. The molecule has 1 aliphatic heterocycles. The third-order valence-corrected chi connectivity index (χ3v) is 4.51. The Labute approximate surface area is 164 Å². The van der Waals surface area contributed by atoms with Crippen LogP contribution in [0.4, 0.5) is 4.39 Å². The fraction of sp³-hybridized carbons (Fsp3) is 0.526. The predicted octanol–water partition coefficient (Wildman–Crippen LogP) is 1.01. The molecule has 8 nitrogen and oxygen atoms in total. The molecule has 9 heteroatoms. The number of hydrogen-bond donors (Lipinski definition) is 3. The van der Waals surface area contributed by atoms with E-state index in [1.54, 1.807) is 18.2 Å². The highest BCUT2D eigenvalue weighted by atomic mass is 19.1. The zero-order valence-electron chi connectivity index (χ0n) is 16.2. The van der Waals surface area contributed by atoms with E-state index < -0.39 is 5.82 Å². The van der Waals surface area contributed by atoms with Gasteiger partial charge in [-0.1, -0.05) is 12.1 Å². The Bertz CT molecular complexity index is 644. The van der Waals surface area contributed by atoms with Crippen LogP contribution in [0.1, 0.15) is 26.2 Å². The van der Waals surface area contributed by atoms with Gasteiger partial charge in [-0.25, -0.2) is 4.39 Å². The van der Waals surface area contributed by atoms with Crippen molar-refractivity contribution in [2.45, 2.75) is 38.3 Å². The lowest BCUT2D eigenvalue weighted by molar-refractivity contribution is -0.123. The Morgan fingerprint density at radius 2 is 1.93 bits per heavy atom. The molecular formula is C19H28FN3O5. The van der Waals surface area contributed by atoms with E-state index >= 15 is 0 Å². The standard InChI is InChI=1S/C18H26FN3O3.CH2O2/c1-13(23)21-12-15-8-7-14(22(15)2)11-18(24)20-9-10-25-17-6-4-3-5-16(17)19;2-1-3/h3-6,14-15H,7-12H2,1-2H3,(H,20,24)(H,21,23);1H,(H,2,3)/t14-,15+;/m0./s1. The Balaban J connectivity index is 0.00000122. The number of likely N-dealkylation sites (N-methyl/N-ethyl adjacent to an activating group) is 1. The van der Waals surface area contributed by atoms with Gasteiger partial charge in [-0.3, -0.25) is 19.3 Å². The van der Waals surface area contributed by atoms with Gasteiger partial charge < -0.3 is 20.5 Å². The zero-order chi connectivity index (χ0) is 20.9. The van der Waals surface area contributed by atoms with Crippen molar-refractivity contribution in [3.05, 3.63) is 30.1 Å². The third-order valence-electron chi connectivity index (χ3n) is 4.51. The smallest absolute Gasteiger partial charge is 0.290 e. The summed E-state index contributed by atoms with van der Waals surface area (Å²) >= 11 is 0. The van der Waals surface area contributed by atoms with Crippen LogP contribution < -0.4 is 15.4 Å². The second-order valence-corrected chi connectivity index (χ2v) is 6.43. The molecule has 0 saturated carbocycles. The summed E-state index contributed by atoms with van der Waals surface area (Å²) in [6.07, 6.45) is 2.30. The van der Waals surface area contributed by atoms with Crippen molar-refractivity contribution < 1.29 is 28.6 Å². The summed E-state index contributed by atoms with van der Waals surface area (Å²) in [7, 11) is 1.98. The maximum atomic E-state index is 13.4. The molecule has 156 valence electrons. The summed E-state index contributed by atoms with van der Waals surface area (Å²) in [5.74, 6) is -0.307. The fourth-order valence-corrected chi connectivity index (χ4v) is 3.04. The second-order valence-electron chi connectivity index (χ2n) is 6.43. The van der Waals surface area contributed by atoms with Crippen LogP contribution in [-0.2, 0) is 14.4 Å². The number of likely N-dealkylation sites (tertiary alicyclic amines) is 1. The molecule has 0 radical (unpaired) electrons. The summed E-state index contributed by atoms with van der Waals surface area (Å²) in [5.41, 5.74) is 0. The van der Waals surface area contributed by atoms with Gasteiger partial charge in [0.2, 0.25) is 11.8 Å². The lowest BCUT2D eigenvalue weighted by atomic mass is 10.1. The van der Waals surface area contributed by atoms with Crippen LogP contribution in [-0.4, -0.2) is 67.1 Å². The van der Waals surface area contributed by atoms with Crippen molar-refractivity contribution >= 4 is 18.3 Å². The number of para-hydroxylation sites is 1. The van der Waals surface area contributed by atoms with Crippen LogP contribution in [0.3, 0.4) is 0 Å². The number of ether oxygens (including phenoxy) is 1. The minimum atomic E-state index is -0.411. The number of nitrogens with zero attached hydrogens (tertiary/aromatic N) is 1. The van der Waals surface area contributed by atoms with Gasteiger partial charge in [-0.15, -0.1) is 0 Å². The van der Waals surface area contributed by atoms with Gasteiger partial charge in [0.1, 0.15) is 6.61 Å². The molecule has 0 aliphatic carbocycles. The highest BCUT2D eigenvalue weighted by Crippen LogP contribution is 2.24. The highest BCUT2D eigenvalue weighted by molar-refractivity contribution is 5.76. The molecule has 0 bridgehead atoms. The number of rotatable bonds is 8. The first kappa shape index (κ1) is 23.4. The quantitative estimate of drug-likeness (QED) is 0.446. The number of carbonyl (C=O) groups is 3. The normalized spacial score (nSPS) is 18.5. The maximum Gasteiger partial charge on any atom is 0.290 e. The molecule has 1 aromatic carbocycles. The minimum Gasteiger partial charge on any atom is -0.489 e. The molecule has 0 spiro atoms. The first-order chi connectivity index (χ1) is 13.4. The topological polar surface area (TPSA) is 108 Å². The molecule has 1 aromatic rings. The summed E-state index contributed by atoms with van der Waals surface area (Å²) in [6, 6.07) is 6.63. The van der Waals surface area contributed by atoms with Crippen LogP contribution in [0.2, 0.25) is 0 Å². The number of carbonyl (C=O) groups excluding carboxylic acids is 2. The van der Waals surface area contributed by atoms with E-state index in [0.717, 1.165) is 12.8 Å². The molecule has 1 fully saturated rings. The van der Waals surface area contributed by atoms with Gasteiger partial charge >= 0.3 is 0 Å². The number of amides is 2. The fourth-order valence-electron chi connectivity index (χ4n) is 3.04. The summed E-state index contributed by atoms with van der Waals surface area (Å²) < 4.78 is 18.7. The Kier molecular flexibility index (Phi) is 10.6. The van der Waals surface area contributed by atoms with Crippen LogP contribution in [0.25, 0.3) is 0 Å². The molecule has 0 unspecified atom stereocenters. The first-order valence-corrected chi connectivity index (χ1v) is 9.07. The van der Waals surface area contributed by atoms with E-state index in [1.165, 1.54) is 13.0 Å². The lowest BCUT2D eigenvalue weighted by Crippen LogP contribution is -2.42. The number of carboxylic acid groups (broad SMARTS) is 1. The monoisotopic (exact) mass is 397 g/mol. The van der Waals surface area contributed by atoms with E-state index in [2.05, 4.69) is 15.5 Å². The van der Waals surface area contributed by atoms with Crippen LogP contribution in [0.15, 0.2) is 24.3 Å². The second kappa shape index (κ2) is 12.7. The molecule has 2 atom stereocenters. The van der Waals surface area contributed by atoms with Gasteiger partial charge in [-0.2, -0.15) is 0 Å². The van der Waals surface area contributed by atoms with E-state index in [9.17, 15) is 14.0 Å². The maximum absolute atomic E-state index is 13.4. The molecule has 28 heavy (non-hydrogen) atoms. The van der Waals surface area contributed by atoms with Gasteiger partial charge in [0, 0.05) is 32.0 Å². The first-order valence-electron chi connectivity index (χ1n) is 9.07. The number of benzene rings is 1. The van der Waals surface area contributed by atoms with Crippen LogP contribution in [0.5, 0.6) is 5.75 Å². The van der Waals surface area contributed by atoms with E-state index in [0.29, 0.717) is 19.5 Å². The molecular weight excluding hydrogens is 369 g/mol. The summed E-state index contributed by atoms with van der Waals surface area (Å²) in [5, 5.41) is 12.5. The minimum absolute atomic E-state index is 0.0376. The predicted molar refractivity (Wildman–Crippen MR) is 101 cm³/mol. The van der Waals surface area contributed by atoms with Crippen molar-refractivity contribution in [1.29, 1.82) is 0 Å². The van der Waals surface area contributed by atoms with Crippen molar-refractivity contribution in [3.8, 4) is 5.75 Å². The summed E-state index contributed by atoms with van der Waals surface area (Å²) in [4.78, 5) is 33.6. The van der Waals surface area contributed by atoms with Gasteiger partial charge in [0.05, 0.1) is 6.54 Å². The molecule has 2 rings (SSSR count). The van der Waals surface area contributed by atoms with E-state index in [4.69, 9.17) is 14.6 Å². The Hall–Kier alpha value is -2.68. The number of nitrogens with one attached hydrogen (secondary N) is 2. The van der Waals surface area contributed by atoms with Gasteiger partial charge in [0.25, 0.3) is 6.47 Å². The molecule has 2 amide bonds. The van der Waals surface area contributed by atoms with E-state index in [-0.39, 0.29) is 42.7 Å². The molecule has 0 aromatic heterocycles. The molecule has 1 aliphatic rings. The van der Waals surface area contributed by atoms with E-state index in [1.807, 2.05) is 7.05 Å². The van der Waals surface area contributed by atoms with Gasteiger partial charge in [-0.05, 0) is 32.0 Å². The highest BCUT2D eigenvalue weighted by Gasteiger charge is 2.31. The number of halogens is 1. The zero-order valence-corrected chi connectivity index (χ0v) is 16.2. The Morgan fingerprint density at radius 1 is 1.29 bits per heavy atom. The van der Waals surface area contributed by atoms with Crippen LogP contribution in [0, 0.1) is 5.82 Å². The SMILES string of the molecule is CC(=O)NC[C@H]1CC[C@@H](CC(=O)NCCOc2ccccc2F)N1C.O=CO. The molecule has 3 N–H and O–H groups in total. The molecule has 1 saturated heterocycles. The van der Waals surface area contributed by atoms with Gasteiger partial charge in [0.15, 0.2) is 11.6 Å². The average Bonchev–Trinajstić information content (AvgIpc) is 2.99. The van der Waals surface area contributed by atoms with Crippen molar-refractivity contribution in [3.63, 3.8) is 0 Å². The van der Waals surface area contributed by atoms with Crippen molar-refractivity contribution in [1.82, 2.24) is 15.5 Å².